The van der Waals surface area contributed by atoms with Gasteiger partial charge in [0.25, 0.3) is 0 Å². The van der Waals surface area contributed by atoms with Gasteiger partial charge in [-0.05, 0) is 50.2 Å². The highest BCUT2D eigenvalue weighted by Gasteiger charge is 2.34. The number of amides is 1. The number of aromatic amines is 1. The first-order chi connectivity index (χ1) is 16.0. The topological polar surface area (TPSA) is 112 Å². The van der Waals surface area contributed by atoms with Crippen LogP contribution in [0.4, 0.5) is 27.7 Å². The zero-order valence-electron chi connectivity index (χ0n) is 18.7. The van der Waals surface area contributed by atoms with E-state index in [4.69, 9.17) is 9.97 Å². The summed E-state index contributed by atoms with van der Waals surface area (Å²) in [7, 11) is 0. The van der Waals surface area contributed by atoms with Gasteiger partial charge in [-0.1, -0.05) is 13.8 Å². The standard InChI is InChI=1S/C23H27FN8O/c1-13(2)17-12-19(31-30-17)28-21-14-6-3-7-15(14)27-23(29-21)32-11-5-9-18(32)22(33)26-16-8-4-10-25-20(16)24/h4,8,10,12-13,18H,3,5-7,9,11H2,1-2H3,(H,26,33)(H2,27,28,29,30,31)/t18-/m0/s1. The van der Waals surface area contributed by atoms with Crippen molar-refractivity contribution in [2.24, 2.45) is 0 Å². The summed E-state index contributed by atoms with van der Waals surface area (Å²) in [5, 5.41) is 13.4. The van der Waals surface area contributed by atoms with Gasteiger partial charge in [0.1, 0.15) is 17.7 Å². The smallest absolute Gasteiger partial charge is 0.247 e. The molecule has 9 nitrogen and oxygen atoms in total. The summed E-state index contributed by atoms with van der Waals surface area (Å²) in [6.07, 6.45) is 5.64. The first-order valence-corrected chi connectivity index (χ1v) is 11.4. The van der Waals surface area contributed by atoms with Crippen molar-refractivity contribution in [3.63, 3.8) is 0 Å². The molecule has 3 aromatic heterocycles. The van der Waals surface area contributed by atoms with Crippen molar-refractivity contribution in [3.05, 3.63) is 47.3 Å². The first-order valence-electron chi connectivity index (χ1n) is 11.4. The van der Waals surface area contributed by atoms with Crippen molar-refractivity contribution < 1.29 is 9.18 Å². The van der Waals surface area contributed by atoms with E-state index in [0.29, 0.717) is 24.8 Å². The van der Waals surface area contributed by atoms with Crippen LogP contribution in [0.2, 0.25) is 0 Å². The minimum atomic E-state index is -0.698. The number of pyridine rings is 1. The number of anilines is 4. The highest BCUT2D eigenvalue weighted by atomic mass is 19.1. The lowest BCUT2D eigenvalue weighted by molar-refractivity contribution is -0.117. The SMILES string of the molecule is CC(C)c1cc(Nc2nc(N3CCC[C@H]3C(=O)Nc3cccnc3F)nc3c2CCC3)[nH]n1. The van der Waals surface area contributed by atoms with Gasteiger partial charge < -0.3 is 15.5 Å². The number of aromatic nitrogens is 5. The zero-order chi connectivity index (χ0) is 22.9. The Bertz CT molecular complexity index is 1180. The fourth-order valence-electron chi connectivity index (χ4n) is 4.45. The van der Waals surface area contributed by atoms with Gasteiger partial charge in [-0.15, -0.1) is 0 Å². The van der Waals surface area contributed by atoms with Gasteiger partial charge in [0.15, 0.2) is 0 Å². The highest BCUT2D eigenvalue weighted by Crippen LogP contribution is 2.33. The van der Waals surface area contributed by atoms with E-state index in [1.165, 1.54) is 12.3 Å². The number of nitrogens with one attached hydrogen (secondary N) is 3. The number of nitrogens with zero attached hydrogens (tertiary/aromatic N) is 5. The van der Waals surface area contributed by atoms with E-state index in [1.54, 1.807) is 6.07 Å². The molecule has 0 saturated carbocycles. The molecule has 1 amide bonds. The molecular weight excluding hydrogens is 423 g/mol. The summed E-state index contributed by atoms with van der Waals surface area (Å²) in [4.78, 5) is 28.1. The molecule has 172 valence electrons. The molecule has 0 unspecified atom stereocenters. The Morgan fingerprint density at radius 3 is 2.94 bits per heavy atom. The molecule has 1 atom stereocenters. The second kappa shape index (κ2) is 8.76. The van der Waals surface area contributed by atoms with E-state index in [0.717, 1.165) is 54.3 Å². The minimum Gasteiger partial charge on any atom is -0.329 e. The Morgan fingerprint density at radius 1 is 1.27 bits per heavy atom. The second-order valence-corrected chi connectivity index (χ2v) is 8.82. The Kier molecular flexibility index (Phi) is 5.65. The average Bonchev–Trinajstić information content (AvgIpc) is 3.55. The van der Waals surface area contributed by atoms with Crippen LogP contribution in [0.5, 0.6) is 0 Å². The fraction of sp³-hybridized carbons (Fsp3) is 0.435. The fourth-order valence-corrected chi connectivity index (χ4v) is 4.45. The van der Waals surface area contributed by atoms with E-state index in [-0.39, 0.29) is 11.6 Å². The van der Waals surface area contributed by atoms with E-state index in [9.17, 15) is 9.18 Å². The maximum Gasteiger partial charge on any atom is 0.247 e. The van der Waals surface area contributed by atoms with Crippen molar-refractivity contribution in [3.8, 4) is 0 Å². The number of halogens is 1. The van der Waals surface area contributed by atoms with Gasteiger partial charge in [0.2, 0.25) is 17.8 Å². The summed E-state index contributed by atoms with van der Waals surface area (Å²) in [5.41, 5.74) is 3.17. The van der Waals surface area contributed by atoms with Crippen LogP contribution in [0.1, 0.15) is 56.0 Å². The molecule has 2 aliphatic rings. The summed E-state index contributed by atoms with van der Waals surface area (Å²) in [5.74, 6) is 1.38. The van der Waals surface area contributed by atoms with Crippen LogP contribution in [0, 0.1) is 5.95 Å². The van der Waals surface area contributed by atoms with Gasteiger partial charge in [-0.3, -0.25) is 9.89 Å². The number of rotatable bonds is 6. The molecule has 3 N–H and O–H groups in total. The Labute approximate surface area is 191 Å². The van der Waals surface area contributed by atoms with Crippen molar-refractivity contribution in [1.82, 2.24) is 25.1 Å². The van der Waals surface area contributed by atoms with E-state index >= 15 is 0 Å². The molecule has 0 bridgehead atoms. The summed E-state index contributed by atoms with van der Waals surface area (Å²) < 4.78 is 13.9. The Morgan fingerprint density at radius 2 is 2.15 bits per heavy atom. The maximum absolute atomic E-state index is 13.9. The first kappa shape index (κ1) is 21.3. The van der Waals surface area contributed by atoms with Gasteiger partial charge in [0, 0.05) is 24.4 Å². The van der Waals surface area contributed by atoms with Crippen molar-refractivity contribution >= 4 is 29.2 Å². The number of fused-ring (bicyclic) bond motifs is 1. The van der Waals surface area contributed by atoms with Crippen molar-refractivity contribution in [2.75, 3.05) is 22.1 Å². The van der Waals surface area contributed by atoms with Gasteiger partial charge in [0.05, 0.1) is 17.1 Å². The van der Waals surface area contributed by atoms with Gasteiger partial charge in [-0.25, -0.2) is 9.97 Å². The largest absolute Gasteiger partial charge is 0.329 e. The van der Waals surface area contributed by atoms with Crippen LogP contribution in [0.25, 0.3) is 0 Å². The van der Waals surface area contributed by atoms with Gasteiger partial charge in [-0.2, -0.15) is 14.5 Å². The molecule has 3 aromatic rings. The monoisotopic (exact) mass is 450 g/mol. The summed E-state index contributed by atoms with van der Waals surface area (Å²) >= 11 is 0. The molecule has 5 rings (SSSR count). The van der Waals surface area contributed by atoms with Crippen molar-refractivity contribution in [1.29, 1.82) is 0 Å². The third-order valence-corrected chi connectivity index (χ3v) is 6.19. The molecule has 0 aromatic carbocycles. The third kappa shape index (κ3) is 4.24. The van der Waals surface area contributed by atoms with E-state index < -0.39 is 12.0 Å². The number of H-pyrrole nitrogens is 1. The number of hydrogen-bond donors (Lipinski definition) is 3. The zero-order valence-corrected chi connectivity index (χ0v) is 18.7. The Balaban J connectivity index is 1.41. The lowest BCUT2D eigenvalue weighted by atomic mass is 10.1. The predicted octanol–water partition coefficient (Wildman–Crippen LogP) is 3.70. The summed E-state index contributed by atoms with van der Waals surface area (Å²) in [6.45, 7) is 4.85. The maximum atomic E-state index is 13.9. The number of aryl methyl sites for hydroxylation is 1. The molecule has 1 aliphatic heterocycles. The number of carbonyl (C=O) groups excluding carboxylic acids is 1. The molecular formula is C23H27FN8O. The lowest BCUT2D eigenvalue weighted by Gasteiger charge is -2.25. The normalized spacial score (nSPS) is 17.5. The Hall–Kier alpha value is -3.56. The number of hydrogen-bond acceptors (Lipinski definition) is 7. The van der Waals surface area contributed by atoms with Crippen LogP contribution in [-0.2, 0) is 17.6 Å². The molecule has 0 radical (unpaired) electrons. The quantitative estimate of drug-likeness (QED) is 0.491. The lowest BCUT2D eigenvalue weighted by Crippen LogP contribution is -2.41. The van der Waals surface area contributed by atoms with Crippen LogP contribution >= 0.6 is 0 Å². The molecule has 1 saturated heterocycles. The molecule has 33 heavy (non-hydrogen) atoms. The van der Waals surface area contributed by atoms with Crippen molar-refractivity contribution in [2.45, 2.75) is 57.9 Å². The highest BCUT2D eigenvalue weighted by molar-refractivity contribution is 5.97. The molecule has 1 fully saturated rings. The summed E-state index contributed by atoms with van der Waals surface area (Å²) in [6, 6.07) is 4.61. The second-order valence-electron chi connectivity index (χ2n) is 8.82. The van der Waals surface area contributed by atoms with Crippen LogP contribution in [-0.4, -0.2) is 43.6 Å². The van der Waals surface area contributed by atoms with Gasteiger partial charge >= 0.3 is 0 Å². The molecule has 1 aliphatic carbocycles. The minimum absolute atomic E-state index is 0.0757. The molecule has 0 spiro atoms. The van der Waals surface area contributed by atoms with E-state index in [1.807, 2.05) is 11.0 Å². The average molecular weight is 451 g/mol. The van der Waals surface area contributed by atoms with Crippen LogP contribution in [0.3, 0.4) is 0 Å². The van der Waals surface area contributed by atoms with Crippen LogP contribution in [0.15, 0.2) is 24.4 Å². The molecule has 4 heterocycles. The van der Waals surface area contributed by atoms with E-state index in [2.05, 4.69) is 39.7 Å². The number of carbonyl (C=O) groups is 1. The predicted molar refractivity (Wildman–Crippen MR) is 123 cm³/mol. The third-order valence-electron chi connectivity index (χ3n) is 6.19. The van der Waals surface area contributed by atoms with Crippen LogP contribution < -0.4 is 15.5 Å². The molecule has 10 heteroatoms.